The zero-order chi connectivity index (χ0) is 28.9. The molecule has 0 aliphatic rings. The van der Waals surface area contributed by atoms with E-state index >= 15 is 0 Å². The number of hydrogen-bond donors (Lipinski definition) is 1. The van der Waals surface area contributed by atoms with Gasteiger partial charge in [0.1, 0.15) is 5.75 Å². The third-order valence-corrected chi connectivity index (χ3v) is 8.49. The molecule has 1 heterocycles. The van der Waals surface area contributed by atoms with E-state index in [0.717, 1.165) is 38.1 Å². The Morgan fingerprint density at radius 2 is 1.68 bits per heavy atom. The number of sulfonamides is 1. The Balaban J connectivity index is 1.53. The molecule has 0 spiro atoms. The number of amides is 1. The summed E-state index contributed by atoms with van der Waals surface area (Å²) in [5.74, 6) is -0.00911. The lowest BCUT2D eigenvalue weighted by Gasteiger charge is -2.21. The molecule has 8 nitrogen and oxygen atoms in total. The second-order valence-electron chi connectivity index (χ2n) is 9.68. The first-order valence-electron chi connectivity index (χ1n) is 12.9. The summed E-state index contributed by atoms with van der Waals surface area (Å²) in [6.07, 6.45) is 1.58. The van der Waals surface area contributed by atoms with Gasteiger partial charge >= 0.3 is 0 Å². The van der Waals surface area contributed by atoms with Gasteiger partial charge in [-0.05, 0) is 80.8 Å². The van der Waals surface area contributed by atoms with Crippen LogP contribution in [0.1, 0.15) is 33.6 Å². The summed E-state index contributed by atoms with van der Waals surface area (Å²) < 4.78 is 35.5. The van der Waals surface area contributed by atoms with Gasteiger partial charge in [-0.15, -0.1) is 0 Å². The summed E-state index contributed by atoms with van der Waals surface area (Å²) in [6.45, 7) is 7.79. The zero-order valence-electron chi connectivity index (χ0n) is 23.4. The number of benzene rings is 3. The summed E-state index contributed by atoms with van der Waals surface area (Å²) in [4.78, 5) is 13.0. The number of aryl methyl sites for hydroxylation is 3. The van der Waals surface area contributed by atoms with Crippen molar-refractivity contribution in [1.82, 2.24) is 14.3 Å². The summed E-state index contributed by atoms with van der Waals surface area (Å²) in [6, 6.07) is 23.5. The van der Waals surface area contributed by atoms with Crippen molar-refractivity contribution in [3.05, 3.63) is 113 Å². The fourth-order valence-electron chi connectivity index (χ4n) is 4.53. The third-order valence-electron chi connectivity index (χ3n) is 6.69. The molecule has 1 aromatic heterocycles. The van der Waals surface area contributed by atoms with Crippen LogP contribution in [0.25, 0.3) is 5.69 Å². The molecule has 1 N–H and O–H groups in total. The lowest BCUT2D eigenvalue weighted by Crippen LogP contribution is -2.39. The van der Waals surface area contributed by atoms with E-state index in [1.165, 1.54) is 24.8 Å². The predicted octanol–water partition coefficient (Wildman–Crippen LogP) is 5.06. The number of nitrogens with zero attached hydrogens (tertiary/aromatic N) is 3. The number of hydrazone groups is 1. The van der Waals surface area contributed by atoms with Crippen LogP contribution in [-0.4, -0.2) is 43.1 Å². The maximum Gasteiger partial charge on any atom is 0.255 e. The molecule has 9 heteroatoms. The number of hydrogen-bond acceptors (Lipinski definition) is 5. The Hall–Kier alpha value is -4.21. The Morgan fingerprint density at radius 3 is 2.35 bits per heavy atom. The fraction of sp³-hybridized carbons (Fsp3) is 0.226. The standard InChI is InChI=1S/C31H34N4O4S/c1-22-11-12-23(2)30(17-22)35-24(3)18-27(25(35)4)19-32-33-31(36)21-34(20-26-9-7-6-8-10-26)40(37,38)29-15-13-28(39-5)14-16-29/h6-19H,20-21H2,1-5H3,(H,33,36)/b32-19+. The molecular formula is C31H34N4O4S. The summed E-state index contributed by atoms with van der Waals surface area (Å²) in [5, 5.41) is 4.15. The first-order chi connectivity index (χ1) is 19.1. The van der Waals surface area contributed by atoms with Gasteiger partial charge in [0.15, 0.2) is 0 Å². The van der Waals surface area contributed by atoms with Gasteiger partial charge in [-0.3, -0.25) is 4.79 Å². The van der Waals surface area contributed by atoms with Gasteiger partial charge in [0.2, 0.25) is 10.0 Å². The van der Waals surface area contributed by atoms with Gasteiger partial charge in [-0.2, -0.15) is 9.41 Å². The highest BCUT2D eigenvalue weighted by molar-refractivity contribution is 7.89. The van der Waals surface area contributed by atoms with Gasteiger partial charge in [-0.1, -0.05) is 42.5 Å². The highest BCUT2D eigenvalue weighted by Gasteiger charge is 2.27. The van der Waals surface area contributed by atoms with E-state index in [0.29, 0.717) is 5.75 Å². The minimum atomic E-state index is -3.98. The van der Waals surface area contributed by atoms with Crippen LogP contribution in [0, 0.1) is 27.7 Å². The van der Waals surface area contributed by atoms with Crippen LogP contribution in [0.15, 0.2) is 88.9 Å². The van der Waals surface area contributed by atoms with Crippen molar-refractivity contribution in [3.63, 3.8) is 0 Å². The first kappa shape index (κ1) is 28.8. The van der Waals surface area contributed by atoms with Crippen LogP contribution in [0.4, 0.5) is 0 Å². The number of aromatic nitrogens is 1. The summed E-state index contributed by atoms with van der Waals surface area (Å²) in [5.41, 5.74) is 9.55. The van der Waals surface area contributed by atoms with Crippen LogP contribution in [-0.2, 0) is 21.4 Å². The van der Waals surface area contributed by atoms with Gasteiger partial charge in [0.25, 0.3) is 5.91 Å². The number of carbonyl (C=O) groups excluding carboxylic acids is 1. The molecule has 0 radical (unpaired) electrons. The normalized spacial score (nSPS) is 11.8. The Kier molecular flexibility index (Phi) is 8.86. The number of rotatable bonds is 10. The highest BCUT2D eigenvalue weighted by atomic mass is 32.2. The van der Waals surface area contributed by atoms with Crippen molar-refractivity contribution in [2.24, 2.45) is 5.10 Å². The third kappa shape index (κ3) is 6.50. The van der Waals surface area contributed by atoms with E-state index in [9.17, 15) is 13.2 Å². The quantitative estimate of drug-likeness (QED) is 0.218. The molecular weight excluding hydrogens is 524 g/mol. The van der Waals surface area contributed by atoms with E-state index in [1.807, 2.05) is 50.2 Å². The van der Waals surface area contributed by atoms with E-state index in [1.54, 1.807) is 18.3 Å². The SMILES string of the molecule is COc1ccc(S(=O)(=O)N(CC(=O)N/N=C/c2cc(C)n(-c3cc(C)ccc3C)c2C)Cc2ccccc2)cc1. The summed E-state index contributed by atoms with van der Waals surface area (Å²) in [7, 11) is -2.47. The predicted molar refractivity (Wildman–Crippen MR) is 157 cm³/mol. The fourth-order valence-corrected chi connectivity index (χ4v) is 5.91. The van der Waals surface area contributed by atoms with Gasteiger partial charge in [0.05, 0.1) is 24.8 Å². The van der Waals surface area contributed by atoms with Crippen LogP contribution in [0.2, 0.25) is 0 Å². The first-order valence-corrected chi connectivity index (χ1v) is 14.3. The van der Waals surface area contributed by atoms with Crippen molar-refractivity contribution >= 4 is 22.1 Å². The molecule has 40 heavy (non-hydrogen) atoms. The average molecular weight is 559 g/mol. The average Bonchev–Trinajstić information content (AvgIpc) is 3.22. The molecule has 0 aliphatic heterocycles. The molecule has 0 fully saturated rings. The second-order valence-corrected chi connectivity index (χ2v) is 11.6. The number of ether oxygens (including phenoxy) is 1. The van der Waals surface area contributed by atoms with Crippen LogP contribution >= 0.6 is 0 Å². The molecule has 0 atom stereocenters. The van der Waals surface area contributed by atoms with E-state index in [2.05, 4.69) is 47.1 Å². The topological polar surface area (TPSA) is 93.0 Å². The zero-order valence-corrected chi connectivity index (χ0v) is 24.2. The van der Waals surface area contributed by atoms with Crippen molar-refractivity contribution in [2.45, 2.75) is 39.1 Å². The van der Waals surface area contributed by atoms with Crippen LogP contribution < -0.4 is 10.2 Å². The van der Waals surface area contributed by atoms with Crippen molar-refractivity contribution < 1.29 is 17.9 Å². The minimum absolute atomic E-state index is 0.0311. The smallest absolute Gasteiger partial charge is 0.255 e. The van der Waals surface area contributed by atoms with Gasteiger partial charge < -0.3 is 9.30 Å². The summed E-state index contributed by atoms with van der Waals surface area (Å²) >= 11 is 0. The maximum atomic E-state index is 13.5. The number of carbonyl (C=O) groups is 1. The Bertz CT molecular complexity index is 1630. The van der Waals surface area contributed by atoms with E-state index in [4.69, 9.17) is 4.74 Å². The van der Waals surface area contributed by atoms with Crippen LogP contribution in [0.3, 0.4) is 0 Å². The molecule has 4 rings (SSSR count). The molecule has 3 aromatic carbocycles. The van der Waals surface area contributed by atoms with Gasteiger partial charge in [0, 0.05) is 29.2 Å². The largest absolute Gasteiger partial charge is 0.497 e. The molecule has 4 aromatic rings. The monoisotopic (exact) mass is 558 g/mol. The Labute approximate surface area is 236 Å². The van der Waals surface area contributed by atoms with E-state index < -0.39 is 22.5 Å². The number of methoxy groups -OCH3 is 1. The second kappa shape index (κ2) is 12.3. The lowest BCUT2D eigenvalue weighted by atomic mass is 10.1. The maximum absolute atomic E-state index is 13.5. The molecule has 208 valence electrons. The number of nitrogens with one attached hydrogen (secondary N) is 1. The highest BCUT2D eigenvalue weighted by Crippen LogP contribution is 2.24. The molecule has 0 saturated carbocycles. The lowest BCUT2D eigenvalue weighted by molar-refractivity contribution is -0.121. The molecule has 1 amide bonds. The van der Waals surface area contributed by atoms with E-state index in [-0.39, 0.29) is 11.4 Å². The Morgan fingerprint density at radius 1 is 0.975 bits per heavy atom. The van der Waals surface area contributed by atoms with Gasteiger partial charge in [-0.25, -0.2) is 13.8 Å². The molecule has 0 saturated heterocycles. The van der Waals surface area contributed by atoms with Crippen molar-refractivity contribution in [1.29, 1.82) is 0 Å². The minimum Gasteiger partial charge on any atom is -0.497 e. The van der Waals surface area contributed by atoms with Crippen molar-refractivity contribution in [3.8, 4) is 11.4 Å². The molecule has 0 unspecified atom stereocenters. The molecule has 0 bridgehead atoms. The molecule has 0 aliphatic carbocycles. The van der Waals surface area contributed by atoms with Crippen molar-refractivity contribution in [2.75, 3.05) is 13.7 Å². The van der Waals surface area contributed by atoms with Crippen LogP contribution in [0.5, 0.6) is 5.75 Å².